The molecule has 0 saturated carbocycles. The van der Waals surface area contributed by atoms with Crippen LogP contribution in [0.2, 0.25) is 0 Å². The Bertz CT molecular complexity index is 1220. The van der Waals surface area contributed by atoms with Crippen LogP contribution in [0.4, 0.5) is 10.1 Å². The van der Waals surface area contributed by atoms with Gasteiger partial charge in [0.2, 0.25) is 0 Å². The number of aromatic nitrogens is 3. The first-order valence-corrected chi connectivity index (χ1v) is 9.61. The summed E-state index contributed by atoms with van der Waals surface area (Å²) in [5, 5.41) is 14.2. The van der Waals surface area contributed by atoms with Crippen molar-refractivity contribution in [2.75, 3.05) is 31.1 Å². The third-order valence-corrected chi connectivity index (χ3v) is 5.21. The third-order valence-electron chi connectivity index (χ3n) is 5.21. The zero-order valence-corrected chi connectivity index (χ0v) is 16.4. The van der Waals surface area contributed by atoms with Crippen molar-refractivity contribution in [1.82, 2.24) is 19.7 Å². The number of rotatable bonds is 3. The fourth-order valence-corrected chi connectivity index (χ4v) is 3.64. The summed E-state index contributed by atoms with van der Waals surface area (Å²) < 4.78 is 15.0. The summed E-state index contributed by atoms with van der Waals surface area (Å²) in [6.45, 7) is 3.94. The topological polar surface area (TPSA) is 95.1 Å². The molecule has 0 unspecified atom stereocenters. The Kier molecular flexibility index (Phi) is 5.14. The van der Waals surface area contributed by atoms with Gasteiger partial charge in [-0.1, -0.05) is 0 Å². The summed E-state index contributed by atoms with van der Waals surface area (Å²) in [5.41, 5.74) is 0.820. The Morgan fingerprint density at radius 3 is 2.67 bits per heavy atom. The number of nitriles is 1. The van der Waals surface area contributed by atoms with Crippen LogP contribution in [0.25, 0.3) is 10.8 Å². The number of carbonyl (C=O) groups excluding carboxylic acids is 1. The van der Waals surface area contributed by atoms with Crippen molar-refractivity contribution in [2.45, 2.75) is 13.5 Å². The molecule has 0 aliphatic carbocycles. The lowest BCUT2D eigenvalue weighted by Gasteiger charge is -2.36. The highest BCUT2D eigenvalue weighted by Gasteiger charge is 2.26. The molecule has 9 heteroatoms. The van der Waals surface area contributed by atoms with Gasteiger partial charge in [-0.15, -0.1) is 0 Å². The second-order valence-electron chi connectivity index (χ2n) is 6.98. The minimum absolute atomic E-state index is 0.200. The van der Waals surface area contributed by atoms with Crippen molar-refractivity contribution in [3.8, 4) is 6.07 Å². The van der Waals surface area contributed by atoms with E-state index in [9.17, 15) is 14.0 Å². The zero-order chi connectivity index (χ0) is 21.3. The van der Waals surface area contributed by atoms with Gasteiger partial charge in [-0.25, -0.2) is 9.07 Å². The summed E-state index contributed by atoms with van der Waals surface area (Å²) in [6.07, 6.45) is 3.01. The monoisotopic (exact) mass is 406 g/mol. The summed E-state index contributed by atoms with van der Waals surface area (Å²) >= 11 is 0. The number of aryl methyl sites for hydroxylation is 1. The molecule has 3 aromatic rings. The van der Waals surface area contributed by atoms with Gasteiger partial charge in [0, 0.05) is 56.2 Å². The zero-order valence-electron chi connectivity index (χ0n) is 16.4. The van der Waals surface area contributed by atoms with Crippen molar-refractivity contribution in [1.29, 1.82) is 5.26 Å². The van der Waals surface area contributed by atoms with E-state index in [4.69, 9.17) is 5.26 Å². The highest BCUT2D eigenvalue weighted by molar-refractivity contribution is 6.04. The number of hydrogen-bond donors (Lipinski definition) is 0. The van der Waals surface area contributed by atoms with E-state index in [0.29, 0.717) is 49.2 Å². The van der Waals surface area contributed by atoms with Crippen molar-refractivity contribution < 1.29 is 9.18 Å². The lowest BCUT2D eigenvalue weighted by atomic mass is 10.1. The predicted molar refractivity (Wildman–Crippen MR) is 109 cm³/mol. The number of hydrogen-bond acceptors (Lipinski definition) is 6. The van der Waals surface area contributed by atoms with E-state index in [1.807, 2.05) is 11.0 Å². The second-order valence-corrected chi connectivity index (χ2v) is 6.98. The molecule has 0 N–H and O–H groups in total. The highest BCUT2D eigenvalue weighted by atomic mass is 19.1. The summed E-state index contributed by atoms with van der Waals surface area (Å²) in [4.78, 5) is 33.3. The lowest BCUT2D eigenvalue weighted by Crippen LogP contribution is -2.49. The van der Waals surface area contributed by atoms with E-state index in [1.54, 1.807) is 24.0 Å². The first-order valence-electron chi connectivity index (χ1n) is 9.61. The highest BCUT2D eigenvalue weighted by Crippen LogP contribution is 2.21. The van der Waals surface area contributed by atoms with E-state index in [-0.39, 0.29) is 22.7 Å². The van der Waals surface area contributed by atoms with Crippen molar-refractivity contribution in [3.05, 3.63) is 64.1 Å². The molecule has 1 saturated heterocycles. The van der Waals surface area contributed by atoms with Crippen LogP contribution < -0.4 is 10.5 Å². The normalized spacial score (nSPS) is 14.0. The number of halogens is 1. The Morgan fingerprint density at radius 2 is 1.97 bits per heavy atom. The molecule has 0 atom stereocenters. The molecular formula is C21H19FN6O2. The average Bonchev–Trinajstić information content (AvgIpc) is 2.79. The van der Waals surface area contributed by atoms with Gasteiger partial charge in [0.1, 0.15) is 5.82 Å². The number of carbonyl (C=O) groups is 1. The molecular weight excluding hydrogens is 387 g/mol. The minimum atomic E-state index is -0.465. The molecule has 1 aromatic carbocycles. The number of nitrogens with zero attached hydrogens (tertiary/aromatic N) is 6. The van der Waals surface area contributed by atoms with E-state index in [1.165, 1.54) is 29.2 Å². The predicted octanol–water partition coefficient (Wildman–Crippen LogP) is 1.78. The largest absolute Gasteiger partial charge is 0.368 e. The van der Waals surface area contributed by atoms with E-state index < -0.39 is 5.82 Å². The van der Waals surface area contributed by atoms with E-state index in [2.05, 4.69) is 10.1 Å². The van der Waals surface area contributed by atoms with Gasteiger partial charge < -0.3 is 9.80 Å². The summed E-state index contributed by atoms with van der Waals surface area (Å²) in [6, 6.07) is 7.76. The minimum Gasteiger partial charge on any atom is -0.368 e. The van der Waals surface area contributed by atoms with Crippen LogP contribution >= 0.6 is 0 Å². The smallest absolute Gasteiger partial charge is 0.275 e. The molecule has 30 heavy (non-hydrogen) atoms. The van der Waals surface area contributed by atoms with Crippen LogP contribution in [0.1, 0.15) is 23.0 Å². The molecule has 4 rings (SSSR count). The molecule has 1 fully saturated rings. The van der Waals surface area contributed by atoms with E-state index in [0.717, 1.165) is 0 Å². The van der Waals surface area contributed by atoms with Crippen LogP contribution in [0.5, 0.6) is 0 Å². The fourth-order valence-electron chi connectivity index (χ4n) is 3.64. The molecule has 2 aromatic heterocycles. The molecule has 1 aliphatic rings. The number of pyridine rings is 1. The lowest BCUT2D eigenvalue weighted by molar-refractivity contribution is 0.0740. The SMILES string of the molecule is CCn1nc(C(=O)N2CCN(c3cc(F)cc(C#N)c3)CC2)c2cnccc2c1=O. The molecule has 8 nitrogen and oxygen atoms in total. The van der Waals surface area contributed by atoms with Crippen LogP contribution in [-0.4, -0.2) is 51.8 Å². The quantitative estimate of drug-likeness (QED) is 0.658. The molecule has 0 spiro atoms. The third kappa shape index (κ3) is 3.48. The number of anilines is 1. The van der Waals surface area contributed by atoms with Crippen LogP contribution in [0.3, 0.4) is 0 Å². The Hall–Kier alpha value is -3.80. The molecule has 3 heterocycles. The first kappa shape index (κ1) is 19.5. The first-order chi connectivity index (χ1) is 14.5. The van der Waals surface area contributed by atoms with Crippen molar-refractivity contribution in [2.24, 2.45) is 0 Å². The standard InChI is InChI=1S/C21H19FN6O2/c1-2-28-20(29)17-3-4-24-13-18(17)19(25-28)21(30)27-7-5-26(6-8-27)16-10-14(12-23)9-15(22)11-16/h3-4,9-11,13H,2,5-8H2,1H3. The number of amides is 1. The number of benzene rings is 1. The van der Waals surface area contributed by atoms with Gasteiger partial charge in [0.15, 0.2) is 5.69 Å². The number of piperazine rings is 1. The summed E-state index contributed by atoms with van der Waals surface area (Å²) in [5.74, 6) is -0.737. The summed E-state index contributed by atoms with van der Waals surface area (Å²) in [7, 11) is 0. The van der Waals surface area contributed by atoms with Crippen molar-refractivity contribution >= 4 is 22.4 Å². The van der Waals surface area contributed by atoms with Gasteiger partial charge in [-0.2, -0.15) is 10.4 Å². The van der Waals surface area contributed by atoms with Gasteiger partial charge in [0.25, 0.3) is 11.5 Å². The maximum Gasteiger partial charge on any atom is 0.275 e. The van der Waals surface area contributed by atoms with Gasteiger partial charge >= 0.3 is 0 Å². The van der Waals surface area contributed by atoms with Crippen molar-refractivity contribution in [3.63, 3.8) is 0 Å². The second kappa shape index (κ2) is 7.91. The Morgan fingerprint density at radius 1 is 1.20 bits per heavy atom. The molecule has 0 radical (unpaired) electrons. The number of fused-ring (bicyclic) bond motifs is 1. The Balaban J connectivity index is 1.59. The fraction of sp³-hybridized carbons (Fsp3) is 0.286. The van der Waals surface area contributed by atoms with Crippen LogP contribution in [0, 0.1) is 17.1 Å². The molecule has 1 amide bonds. The van der Waals surface area contributed by atoms with E-state index >= 15 is 0 Å². The maximum atomic E-state index is 13.8. The van der Waals surface area contributed by atoms with Crippen LogP contribution in [-0.2, 0) is 6.54 Å². The molecule has 0 bridgehead atoms. The van der Waals surface area contributed by atoms with Gasteiger partial charge in [-0.05, 0) is 31.2 Å². The van der Waals surface area contributed by atoms with Crippen LogP contribution in [0.15, 0.2) is 41.5 Å². The Labute approximate surface area is 171 Å². The average molecular weight is 406 g/mol. The van der Waals surface area contributed by atoms with Gasteiger partial charge in [0.05, 0.1) is 17.0 Å². The molecule has 1 aliphatic heterocycles. The van der Waals surface area contributed by atoms with Gasteiger partial charge in [-0.3, -0.25) is 14.6 Å². The molecule has 152 valence electrons. The maximum absolute atomic E-state index is 13.8.